The van der Waals surface area contributed by atoms with Crippen molar-refractivity contribution in [3.05, 3.63) is 24.0 Å². The molecule has 0 aliphatic heterocycles. The molecule has 1 aliphatic carbocycles. The Kier molecular flexibility index (Phi) is 2.94. The van der Waals surface area contributed by atoms with Gasteiger partial charge in [0.2, 0.25) is 0 Å². The summed E-state index contributed by atoms with van der Waals surface area (Å²) in [5.74, 6) is -0.866. The van der Waals surface area contributed by atoms with Gasteiger partial charge in [-0.05, 0) is 24.5 Å². The number of nitrogens with one attached hydrogen (secondary N) is 2. The van der Waals surface area contributed by atoms with Crippen molar-refractivity contribution in [2.45, 2.75) is 25.3 Å². The maximum absolute atomic E-state index is 11.6. The zero-order valence-electron chi connectivity index (χ0n) is 8.77. The molecule has 0 spiro atoms. The SMILES string of the molecule is O=C(NC(CC1CC1)C(=O)O)c1ccc[nH]1. The molecule has 1 unspecified atom stereocenters. The van der Waals surface area contributed by atoms with Crippen LogP contribution in [0.4, 0.5) is 0 Å². The molecule has 1 fully saturated rings. The van der Waals surface area contributed by atoms with Crippen LogP contribution in [0.5, 0.6) is 0 Å². The lowest BCUT2D eigenvalue weighted by atomic mass is 10.1. The molecular weight excluding hydrogens is 208 g/mol. The third kappa shape index (κ3) is 2.62. The van der Waals surface area contributed by atoms with Crippen molar-refractivity contribution < 1.29 is 14.7 Å². The molecule has 1 heterocycles. The highest BCUT2D eigenvalue weighted by molar-refractivity contribution is 5.95. The number of hydrogen-bond donors (Lipinski definition) is 3. The molecule has 16 heavy (non-hydrogen) atoms. The Morgan fingerprint density at radius 2 is 2.31 bits per heavy atom. The molecule has 1 aromatic rings. The molecule has 0 bridgehead atoms. The number of aromatic amines is 1. The third-order valence-corrected chi connectivity index (χ3v) is 2.71. The molecule has 0 radical (unpaired) electrons. The first kappa shape index (κ1) is 10.7. The van der Waals surface area contributed by atoms with Gasteiger partial charge in [-0.25, -0.2) is 4.79 Å². The lowest BCUT2D eigenvalue weighted by Crippen LogP contribution is -2.41. The van der Waals surface area contributed by atoms with Gasteiger partial charge in [0.05, 0.1) is 0 Å². The first-order chi connectivity index (χ1) is 7.66. The molecule has 1 amide bonds. The second-order valence-corrected chi connectivity index (χ2v) is 4.13. The van der Waals surface area contributed by atoms with Crippen molar-refractivity contribution in [2.75, 3.05) is 0 Å². The Morgan fingerprint density at radius 1 is 1.56 bits per heavy atom. The molecule has 2 rings (SSSR count). The Morgan fingerprint density at radius 3 is 2.81 bits per heavy atom. The number of carbonyl (C=O) groups is 2. The van der Waals surface area contributed by atoms with Crippen LogP contribution < -0.4 is 5.32 Å². The summed E-state index contributed by atoms with van der Waals surface area (Å²) in [6.45, 7) is 0. The molecule has 5 heteroatoms. The van der Waals surface area contributed by atoms with Crippen LogP contribution in [0.15, 0.2) is 18.3 Å². The lowest BCUT2D eigenvalue weighted by Gasteiger charge is -2.13. The van der Waals surface area contributed by atoms with Crippen LogP contribution in [0, 0.1) is 5.92 Å². The second-order valence-electron chi connectivity index (χ2n) is 4.13. The summed E-state index contributed by atoms with van der Waals surface area (Å²) in [5, 5.41) is 11.5. The summed E-state index contributed by atoms with van der Waals surface area (Å²) in [5.41, 5.74) is 0.391. The van der Waals surface area contributed by atoms with Crippen LogP contribution in [0.3, 0.4) is 0 Å². The maximum Gasteiger partial charge on any atom is 0.326 e. The number of carboxylic acid groups (broad SMARTS) is 1. The zero-order valence-corrected chi connectivity index (χ0v) is 8.77. The van der Waals surface area contributed by atoms with Crippen LogP contribution in [-0.2, 0) is 4.79 Å². The molecule has 86 valence electrons. The summed E-state index contributed by atoms with van der Waals surface area (Å²) < 4.78 is 0. The number of aromatic nitrogens is 1. The summed E-state index contributed by atoms with van der Waals surface area (Å²) >= 11 is 0. The van der Waals surface area contributed by atoms with E-state index in [1.807, 2.05) is 0 Å². The predicted molar refractivity (Wildman–Crippen MR) is 57.0 cm³/mol. The van der Waals surface area contributed by atoms with E-state index in [2.05, 4.69) is 10.3 Å². The van der Waals surface area contributed by atoms with Crippen molar-refractivity contribution in [3.63, 3.8) is 0 Å². The van der Waals surface area contributed by atoms with Crippen molar-refractivity contribution in [1.82, 2.24) is 10.3 Å². The number of aliphatic carboxylic acids is 1. The number of carboxylic acids is 1. The maximum atomic E-state index is 11.6. The smallest absolute Gasteiger partial charge is 0.326 e. The van der Waals surface area contributed by atoms with Crippen LogP contribution in [-0.4, -0.2) is 28.0 Å². The van der Waals surface area contributed by atoms with Crippen molar-refractivity contribution in [2.24, 2.45) is 5.92 Å². The van der Waals surface area contributed by atoms with Gasteiger partial charge in [0.1, 0.15) is 11.7 Å². The first-order valence-corrected chi connectivity index (χ1v) is 5.34. The second kappa shape index (κ2) is 4.38. The minimum atomic E-state index is -0.966. The summed E-state index contributed by atoms with van der Waals surface area (Å²) in [4.78, 5) is 25.3. The third-order valence-electron chi connectivity index (χ3n) is 2.71. The highest BCUT2D eigenvalue weighted by Crippen LogP contribution is 2.33. The number of hydrogen-bond acceptors (Lipinski definition) is 2. The normalized spacial score (nSPS) is 16.8. The Hall–Kier alpha value is -1.78. The standard InChI is InChI=1S/C11H14N2O3/c14-10(8-2-1-5-12-8)13-9(11(15)16)6-7-3-4-7/h1-2,5,7,9,12H,3-4,6H2,(H,13,14)(H,15,16). The summed E-state index contributed by atoms with van der Waals surface area (Å²) in [6, 6.07) is 2.54. The van der Waals surface area contributed by atoms with E-state index < -0.39 is 12.0 Å². The molecule has 3 N–H and O–H groups in total. The highest BCUT2D eigenvalue weighted by Gasteiger charge is 2.30. The largest absolute Gasteiger partial charge is 0.480 e. The van der Waals surface area contributed by atoms with Gasteiger partial charge in [0, 0.05) is 6.20 Å². The van der Waals surface area contributed by atoms with Gasteiger partial charge in [-0.2, -0.15) is 0 Å². The van der Waals surface area contributed by atoms with Crippen molar-refractivity contribution in [3.8, 4) is 0 Å². The fourth-order valence-electron chi connectivity index (χ4n) is 1.62. The van der Waals surface area contributed by atoms with Gasteiger partial charge in [-0.3, -0.25) is 4.79 Å². The number of H-pyrrole nitrogens is 1. The molecular formula is C11H14N2O3. The van der Waals surface area contributed by atoms with Crippen LogP contribution in [0.25, 0.3) is 0 Å². The average molecular weight is 222 g/mol. The Balaban J connectivity index is 1.94. The van der Waals surface area contributed by atoms with E-state index in [-0.39, 0.29) is 5.91 Å². The van der Waals surface area contributed by atoms with E-state index in [0.717, 1.165) is 12.8 Å². The van der Waals surface area contributed by atoms with Crippen LogP contribution >= 0.6 is 0 Å². The zero-order chi connectivity index (χ0) is 11.5. The lowest BCUT2D eigenvalue weighted by molar-refractivity contribution is -0.139. The topological polar surface area (TPSA) is 82.2 Å². The molecule has 0 aromatic carbocycles. The highest BCUT2D eigenvalue weighted by atomic mass is 16.4. The summed E-state index contributed by atoms with van der Waals surface area (Å²) in [7, 11) is 0. The van der Waals surface area contributed by atoms with Crippen molar-refractivity contribution >= 4 is 11.9 Å². The fourth-order valence-corrected chi connectivity index (χ4v) is 1.62. The van der Waals surface area contributed by atoms with Crippen molar-refractivity contribution in [1.29, 1.82) is 0 Å². The van der Waals surface area contributed by atoms with Gasteiger partial charge in [-0.1, -0.05) is 12.8 Å². The first-order valence-electron chi connectivity index (χ1n) is 5.34. The molecule has 1 saturated carbocycles. The molecule has 0 saturated heterocycles. The number of amides is 1. The van der Waals surface area contributed by atoms with Crippen LogP contribution in [0.2, 0.25) is 0 Å². The average Bonchev–Trinajstić information content (AvgIpc) is 2.89. The van der Waals surface area contributed by atoms with Gasteiger partial charge in [0.25, 0.3) is 5.91 Å². The van der Waals surface area contributed by atoms with Gasteiger partial charge >= 0.3 is 5.97 Å². The molecule has 1 aromatic heterocycles. The van der Waals surface area contributed by atoms with Gasteiger partial charge in [0.15, 0.2) is 0 Å². The van der Waals surface area contributed by atoms with E-state index in [9.17, 15) is 9.59 Å². The molecule has 5 nitrogen and oxygen atoms in total. The molecule has 1 atom stereocenters. The van der Waals surface area contributed by atoms with Gasteiger partial charge in [-0.15, -0.1) is 0 Å². The Labute approximate surface area is 92.9 Å². The monoisotopic (exact) mass is 222 g/mol. The van der Waals surface area contributed by atoms with Crippen LogP contribution in [0.1, 0.15) is 29.8 Å². The van der Waals surface area contributed by atoms with E-state index in [1.54, 1.807) is 18.3 Å². The predicted octanol–water partition coefficient (Wildman–Crippen LogP) is 0.998. The van der Waals surface area contributed by atoms with Gasteiger partial charge < -0.3 is 15.4 Å². The Bertz CT molecular complexity index is 382. The number of rotatable bonds is 5. The van der Waals surface area contributed by atoms with E-state index in [1.165, 1.54) is 0 Å². The minimum absolute atomic E-state index is 0.363. The minimum Gasteiger partial charge on any atom is -0.480 e. The van der Waals surface area contributed by atoms with E-state index in [0.29, 0.717) is 18.0 Å². The van der Waals surface area contributed by atoms with E-state index >= 15 is 0 Å². The molecule has 1 aliphatic rings. The fraction of sp³-hybridized carbons (Fsp3) is 0.455. The van der Waals surface area contributed by atoms with E-state index in [4.69, 9.17) is 5.11 Å². The number of carbonyl (C=O) groups excluding carboxylic acids is 1. The summed E-state index contributed by atoms with van der Waals surface area (Å²) in [6.07, 6.45) is 4.30. The quantitative estimate of drug-likeness (QED) is 0.695.